The fraction of sp³-hybridized carbons (Fsp3) is 0.700. The second-order valence-corrected chi connectivity index (χ2v) is 7.63. The summed E-state index contributed by atoms with van der Waals surface area (Å²) in [6.07, 6.45) is 2.58. The minimum atomic E-state index is 0.682. The average molecular weight is 316 g/mol. The molecule has 0 bridgehead atoms. The second-order valence-electron chi connectivity index (χ2n) is 7.63. The quantitative estimate of drug-likeness (QED) is 0.921. The van der Waals surface area contributed by atoms with Gasteiger partial charge in [-0.15, -0.1) is 0 Å². The second kappa shape index (κ2) is 7.78. The molecular formula is C20H33N3. The lowest BCUT2D eigenvalue weighted by atomic mass is 9.86. The molecule has 0 unspecified atom stereocenters. The van der Waals surface area contributed by atoms with Gasteiger partial charge < -0.3 is 5.32 Å². The van der Waals surface area contributed by atoms with E-state index in [-0.39, 0.29) is 0 Å². The third kappa shape index (κ3) is 4.34. The van der Waals surface area contributed by atoms with E-state index in [1.807, 2.05) is 0 Å². The summed E-state index contributed by atoms with van der Waals surface area (Å²) in [5, 5.41) is 3.50. The van der Waals surface area contributed by atoms with Crippen LogP contribution in [0.2, 0.25) is 0 Å². The molecule has 2 heterocycles. The molecule has 128 valence electrons. The zero-order chi connectivity index (χ0) is 16.2. The van der Waals surface area contributed by atoms with Crippen LogP contribution in [0.4, 0.5) is 0 Å². The molecule has 0 spiro atoms. The lowest BCUT2D eigenvalue weighted by Gasteiger charge is -2.37. The SMILES string of the molecule is Cc1ccc(CN2CCN(C(C)C)CC2)c(C2CCNCC2)c1. The molecule has 3 heteroatoms. The third-order valence-electron chi connectivity index (χ3n) is 5.61. The predicted octanol–water partition coefficient (Wildman–Crippen LogP) is 2.99. The Kier molecular flexibility index (Phi) is 5.73. The Morgan fingerprint density at radius 3 is 2.43 bits per heavy atom. The molecule has 0 saturated carbocycles. The van der Waals surface area contributed by atoms with E-state index in [9.17, 15) is 0 Å². The van der Waals surface area contributed by atoms with Gasteiger partial charge in [0.15, 0.2) is 0 Å². The number of aryl methyl sites for hydroxylation is 1. The molecule has 0 aliphatic carbocycles. The highest BCUT2D eigenvalue weighted by Gasteiger charge is 2.22. The Balaban J connectivity index is 1.68. The van der Waals surface area contributed by atoms with Crippen LogP contribution in [0.15, 0.2) is 18.2 Å². The number of benzene rings is 1. The van der Waals surface area contributed by atoms with Crippen molar-refractivity contribution in [1.82, 2.24) is 15.1 Å². The van der Waals surface area contributed by atoms with E-state index in [0.717, 1.165) is 12.5 Å². The summed E-state index contributed by atoms with van der Waals surface area (Å²) in [6, 6.07) is 7.82. The summed E-state index contributed by atoms with van der Waals surface area (Å²) in [5.74, 6) is 0.753. The van der Waals surface area contributed by atoms with Gasteiger partial charge in [0.2, 0.25) is 0 Å². The monoisotopic (exact) mass is 315 g/mol. The highest BCUT2D eigenvalue weighted by atomic mass is 15.3. The molecule has 1 aromatic rings. The maximum Gasteiger partial charge on any atom is 0.0237 e. The Bertz CT molecular complexity index is 498. The highest BCUT2D eigenvalue weighted by molar-refractivity contribution is 5.34. The van der Waals surface area contributed by atoms with Gasteiger partial charge in [0, 0.05) is 38.8 Å². The van der Waals surface area contributed by atoms with Crippen LogP contribution in [0.1, 0.15) is 49.3 Å². The third-order valence-corrected chi connectivity index (χ3v) is 5.61. The van der Waals surface area contributed by atoms with Crippen LogP contribution < -0.4 is 5.32 Å². The number of piperidine rings is 1. The van der Waals surface area contributed by atoms with Crippen molar-refractivity contribution < 1.29 is 0 Å². The lowest BCUT2D eigenvalue weighted by Crippen LogP contribution is -2.48. The molecule has 1 aromatic carbocycles. The van der Waals surface area contributed by atoms with Crippen molar-refractivity contribution in [2.75, 3.05) is 39.3 Å². The Labute approximate surface area is 142 Å². The molecular weight excluding hydrogens is 282 g/mol. The smallest absolute Gasteiger partial charge is 0.0237 e. The maximum atomic E-state index is 3.50. The summed E-state index contributed by atoms with van der Waals surface area (Å²) in [5.41, 5.74) is 4.60. The van der Waals surface area contributed by atoms with Crippen LogP contribution >= 0.6 is 0 Å². The van der Waals surface area contributed by atoms with Crippen LogP contribution in [-0.2, 0) is 6.54 Å². The van der Waals surface area contributed by atoms with E-state index < -0.39 is 0 Å². The van der Waals surface area contributed by atoms with E-state index in [1.165, 1.54) is 57.7 Å². The zero-order valence-electron chi connectivity index (χ0n) is 15.1. The van der Waals surface area contributed by atoms with E-state index in [4.69, 9.17) is 0 Å². The predicted molar refractivity (Wildman–Crippen MR) is 98.0 cm³/mol. The highest BCUT2D eigenvalue weighted by Crippen LogP contribution is 2.30. The van der Waals surface area contributed by atoms with Crippen molar-refractivity contribution in [3.05, 3.63) is 34.9 Å². The van der Waals surface area contributed by atoms with Crippen molar-refractivity contribution >= 4 is 0 Å². The molecule has 23 heavy (non-hydrogen) atoms. The maximum absolute atomic E-state index is 3.50. The molecule has 2 fully saturated rings. The number of hydrogen-bond donors (Lipinski definition) is 1. The number of nitrogens with zero attached hydrogens (tertiary/aromatic N) is 2. The van der Waals surface area contributed by atoms with Gasteiger partial charge in [0.25, 0.3) is 0 Å². The fourth-order valence-corrected chi connectivity index (χ4v) is 4.05. The van der Waals surface area contributed by atoms with Gasteiger partial charge in [-0.2, -0.15) is 0 Å². The van der Waals surface area contributed by atoms with Crippen LogP contribution in [0, 0.1) is 6.92 Å². The summed E-state index contributed by atoms with van der Waals surface area (Å²) in [6.45, 7) is 15.2. The largest absolute Gasteiger partial charge is 0.317 e. The molecule has 1 N–H and O–H groups in total. The molecule has 2 aliphatic heterocycles. The molecule has 2 saturated heterocycles. The summed E-state index contributed by atoms with van der Waals surface area (Å²) >= 11 is 0. The molecule has 0 radical (unpaired) electrons. The number of rotatable bonds is 4. The minimum absolute atomic E-state index is 0.682. The first-order valence-electron chi connectivity index (χ1n) is 9.40. The van der Waals surface area contributed by atoms with Gasteiger partial charge >= 0.3 is 0 Å². The van der Waals surface area contributed by atoms with E-state index >= 15 is 0 Å². The van der Waals surface area contributed by atoms with Gasteiger partial charge in [-0.3, -0.25) is 9.80 Å². The van der Waals surface area contributed by atoms with Crippen molar-refractivity contribution in [2.45, 2.75) is 52.1 Å². The van der Waals surface area contributed by atoms with Gasteiger partial charge in [-0.05, 0) is 63.7 Å². The van der Waals surface area contributed by atoms with Crippen molar-refractivity contribution in [1.29, 1.82) is 0 Å². The van der Waals surface area contributed by atoms with Crippen LogP contribution in [0.5, 0.6) is 0 Å². The molecule has 0 amide bonds. The summed E-state index contributed by atoms with van der Waals surface area (Å²) in [4.78, 5) is 5.24. The molecule has 0 aromatic heterocycles. The summed E-state index contributed by atoms with van der Waals surface area (Å²) in [7, 11) is 0. The van der Waals surface area contributed by atoms with Crippen molar-refractivity contribution in [2.24, 2.45) is 0 Å². The van der Waals surface area contributed by atoms with Gasteiger partial charge in [-0.25, -0.2) is 0 Å². The van der Waals surface area contributed by atoms with Crippen molar-refractivity contribution in [3.63, 3.8) is 0 Å². The minimum Gasteiger partial charge on any atom is -0.317 e. The van der Waals surface area contributed by atoms with Crippen LogP contribution in [0.25, 0.3) is 0 Å². The topological polar surface area (TPSA) is 18.5 Å². The molecule has 2 aliphatic rings. The zero-order valence-corrected chi connectivity index (χ0v) is 15.1. The Hall–Kier alpha value is -0.900. The first kappa shape index (κ1) is 16.9. The van der Waals surface area contributed by atoms with Gasteiger partial charge in [-0.1, -0.05) is 23.8 Å². The van der Waals surface area contributed by atoms with Crippen LogP contribution in [-0.4, -0.2) is 55.1 Å². The van der Waals surface area contributed by atoms with E-state index in [0.29, 0.717) is 6.04 Å². The van der Waals surface area contributed by atoms with Gasteiger partial charge in [0.05, 0.1) is 0 Å². The molecule has 3 nitrogen and oxygen atoms in total. The first-order chi connectivity index (χ1) is 11.1. The number of hydrogen-bond acceptors (Lipinski definition) is 3. The molecule has 3 rings (SSSR count). The number of nitrogens with one attached hydrogen (secondary N) is 1. The molecule has 0 atom stereocenters. The standard InChI is InChI=1S/C20H33N3/c1-16(2)23-12-10-22(11-13-23)15-19-5-4-17(3)14-20(19)18-6-8-21-9-7-18/h4-5,14,16,18,21H,6-13,15H2,1-3H3. The van der Waals surface area contributed by atoms with E-state index in [2.05, 4.69) is 54.1 Å². The van der Waals surface area contributed by atoms with Crippen molar-refractivity contribution in [3.8, 4) is 0 Å². The fourth-order valence-electron chi connectivity index (χ4n) is 4.05. The van der Waals surface area contributed by atoms with Crippen LogP contribution in [0.3, 0.4) is 0 Å². The first-order valence-corrected chi connectivity index (χ1v) is 9.40. The van der Waals surface area contributed by atoms with Gasteiger partial charge in [0.1, 0.15) is 0 Å². The Morgan fingerprint density at radius 2 is 1.78 bits per heavy atom. The lowest BCUT2D eigenvalue weighted by molar-refractivity contribution is 0.104. The number of piperazine rings is 1. The normalized spacial score (nSPS) is 21.9. The summed E-state index contributed by atoms with van der Waals surface area (Å²) < 4.78 is 0. The average Bonchev–Trinajstić information content (AvgIpc) is 2.58. The Morgan fingerprint density at radius 1 is 1.09 bits per heavy atom. The van der Waals surface area contributed by atoms with E-state index in [1.54, 1.807) is 11.1 Å².